The number of fused-ring (bicyclic) bond motifs is 1. The van der Waals surface area contributed by atoms with Crippen molar-refractivity contribution in [3.05, 3.63) is 48.0 Å². The van der Waals surface area contributed by atoms with Gasteiger partial charge in [0.2, 0.25) is 0 Å². The monoisotopic (exact) mass is 254 g/mol. The highest BCUT2D eigenvalue weighted by Gasteiger charge is 2.08. The Morgan fingerprint density at radius 3 is 2.79 bits per heavy atom. The van der Waals surface area contributed by atoms with Crippen LogP contribution >= 0.6 is 0 Å². The van der Waals surface area contributed by atoms with Gasteiger partial charge in [-0.2, -0.15) is 0 Å². The normalized spacial score (nSPS) is 11.0. The fourth-order valence-corrected chi connectivity index (χ4v) is 2.07. The van der Waals surface area contributed by atoms with Crippen molar-refractivity contribution in [3.63, 3.8) is 0 Å². The van der Waals surface area contributed by atoms with Crippen LogP contribution in [0.4, 0.5) is 5.82 Å². The van der Waals surface area contributed by atoms with Crippen LogP contribution in [0.25, 0.3) is 11.2 Å². The number of nitrogens with two attached hydrogens (primary N) is 2. The molecular weight excluding hydrogens is 240 g/mol. The fraction of sp³-hybridized carbons (Fsp3) is 0.154. The molecule has 0 saturated heterocycles. The predicted molar refractivity (Wildman–Crippen MR) is 73.2 cm³/mol. The van der Waals surface area contributed by atoms with Crippen LogP contribution in [0.5, 0.6) is 0 Å². The third-order valence-electron chi connectivity index (χ3n) is 3.01. The van der Waals surface area contributed by atoms with Gasteiger partial charge >= 0.3 is 0 Å². The highest BCUT2D eigenvalue weighted by molar-refractivity contribution is 5.81. The van der Waals surface area contributed by atoms with Gasteiger partial charge in [0.15, 0.2) is 11.5 Å². The minimum atomic E-state index is 0.402. The van der Waals surface area contributed by atoms with Gasteiger partial charge in [0.25, 0.3) is 0 Å². The number of nitrogen functional groups attached to an aromatic ring is 1. The van der Waals surface area contributed by atoms with E-state index in [0.29, 0.717) is 24.4 Å². The molecular formula is C13H14N6. The van der Waals surface area contributed by atoms with Crippen LogP contribution in [0.3, 0.4) is 0 Å². The molecule has 2 heterocycles. The second kappa shape index (κ2) is 4.66. The summed E-state index contributed by atoms with van der Waals surface area (Å²) in [5.74, 6) is 0.402. The number of aromatic nitrogens is 4. The molecule has 0 unspecified atom stereocenters. The van der Waals surface area contributed by atoms with Gasteiger partial charge in [-0.15, -0.1) is 0 Å². The SMILES string of the molecule is NCc1cccc(Cn2cnc3c(N)ncnc32)c1. The van der Waals surface area contributed by atoms with Crippen molar-refractivity contribution in [2.75, 3.05) is 5.73 Å². The van der Waals surface area contributed by atoms with E-state index in [1.165, 1.54) is 6.33 Å². The van der Waals surface area contributed by atoms with Gasteiger partial charge in [-0.05, 0) is 11.1 Å². The van der Waals surface area contributed by atoms with Crippen molar-refractivity contribution in [2.24, 2.45) is 5.73 Å². The lowest BCUT2D eigenvalue weighted by atomic mass is 10.1. The Labute approximate surface area is 110 Å². The Morgan fingerprint density at radius 2 is 1.95 bits per heavy atom. The molecule has 3 rings (SSSR count). The second-order valence-electron chi connectivity index (χ2n) is 4.33. The first-order chi connectivity index (χ1) is 9.28. The lowest BCUT2D eigenvalue weighted by Gasteiger charge is -2.05. The van der Waals surface area contributed by atoms with E-state index in [1.807, 2.05) is 16.7 Å². The summed E-state index contributed by atoms with van der Waals surface area (Å²) in [7, 11) is 0. The molecule has 0 radical (unpaired) electrons. The molecule has 1 aromatic carbocycles. The van der Waals surface area contributed by atoms with Crippen LogP contribution in [0, 0.1) is 0 Å². The van der Waals surface area contributed by atoms with Crippen LogP contribution in [0.1, 0.15) is 11.1 Å². The fourth-order valence-electron chi connectivity index (χ4n) is 2.07. The molecule has 96 valence electrons. The molecule has 0 aliphatic heterocycles. The molecule has 2 aromatic heterocycles. The minimum Gasteiger partial charge on any atom is -0.382 e. The predicted octanol–water partition coefficient (Wildman–Crippen LogP) is 0.915. The van der Waals surface area contributed by atoms with Gasteiger partial charge < -0.3 is 16.0 Å². The van der Waals surface area contributed by atoms with E-state index in [0.717, 1.165) is 16.8 Å². The number of anilines is 1. The topological polar surface area (TPSA) is 95.6 Å². The van der Waals surface area contributed by atoms with Crippen molar-refractivity contribution < 1.29 is 0 Å². The summed E-state index contributed by atoms with van der Waals surface area (Å²) in [5, 5.41) is 0. The summed E-state index contributed by atoms with van der Waals surface area (Å²) in [6.07, 6.45) is 3.18. The molecule has 3 aromatic rings. The molecule has 0 aliphatic rings. The average Bonchev–Trinajstić information content (AvgIpc) is 2.84. The minimum absolute atomic E-state index is 0.402. The van der Waals surface area contributed by atoms with Crippen molar-refractivity contribution in [3.8, 4) is 0 Å². The summed E-state index contributed by atoms with van der Waals surface area (Å²) >= 11 is 0. The Balaban J connectivity index is 1.99. The van der Waals surface area contributed by atoms with E-state index in [4.69, 9.17) is 11.5 Å². The Bertz CT molecular complexity index is 718. The quantitative estimate of drug-likeness (QED) is 0.724. The molecule has 0 bridgehead atoms. The van der Waals surface area contributed by atoms with Crippen molar-refractivity contribution in [1.29, 1.82) is 0 Å². The zero-order valence-corrected chi connectivity index (χ0v) is 10.3. The molecule has 0 atom stereocenters. The first-order valence-electron chi connectivity index (χ1n) is 5.97. The lowest BCUT2D eigenvalue weighted by molar-refractivity contribution is 0.811. The first kappa shape index (κ1) is 11.6. The summed E-state index contributed by atoms with van der Waals surface area (Å²) in [4.78, 5) is 12.4. The van der Waals surface area contributed by atoms with E-state index >= 15 is 0 Å². The Hall–Kier alpha value is -2.47. The molecule has 4 N–H and O–H groups in total. The molecule has 19 heavy (non-hydrogen) atoms. The maximum atomic E-state index is 5.77. The molecule has 0 amide bonds. The summed E-state index contributed by atoms with van der Waals surface area (Å²) in [6, 6.07) is 8.14. The average molecular weight is 254 g/mol. The Morgan fingerprint density at radius 1 is 1.11 bits per heavy atom. The summed E-state index contributed by atoms with van der Waals surface area (Å²) in [5.41, 5.74) is 15.0. The molecule has 0 spiro atoms. The van der Waals surface area contributed by atoms with E-state index in [1.54, 1.807) is 6.33 Å². The van der Waals surface area contributed by atoms with E-state index in [9.17, 15) is 0 Å². The zero-order valence-electron chi connectivity index (χ0n) is 10.3. The van der Waals surface area contributed by atoms with Crippen molar-refractivity contribution in [2.45, 2.75) is 13.1 Å². The van der Waals surface area contributed by atoms with Crippen LogP contribution < -0.4 is 11.5 Å². The van der Waals surface area contributed by atoms with Crippen LogP contribution in [0.15, 0.2) is 36.9 Å². The Kier molecular flexibility index (Phi) is 2.85. The summed E-state index contributed by atoms with van der Waals surface area (Å²) in [6.45, 7) is 1.22. The molecule has 6 nitrogen and oxygen atoms in total. The van der Waals surface area contributed by atoms with Crippen LogP contribution in [-0.4, -0.2) is 19.5 Å². The maximum Gasteiger partial charge on any atom is 0.165 e. The highest BCUT2D eigenvalue weighted by Crippen LogP contribution is 2.16. The van der Waals surface area contributed by atoms with Gasteiger partial charge in [-0.25, -0.2) is 15.0 Å². The number of hydrogen-bond donors (Lipinski definition) is 2. The number of imidazole rings is 1. The van der Waals surface area contributed by atoms with Crippen LogP contribution in [0.2, 0.25) is 0 Å². The number of hydrogen-bond acceptors (Lipinski definition) is 5. The second-order valence-corrected chi connectivity index (χ2v) is 4.33. The van der Waals surface area contributed by atoms with Crippen molar-refractivity contribution in [1.82, 2.24) is 19.5 Å². The standard InChI is InChI=1S/C13H14N6/c14-5-9-2-1-3-10(4-9)6-19-8-18-11-12(15)16-7-17-13(11)19/h1-4,7-8H,5-6,14H2,(H2,15,16,17). The molecule has 0 aliphatic carbocycles. The number of nitrogens with zero attached hydrogens (tertiary/aromatic N) is 4. The van der Waals surface area contributed by atoms with Gasteiger partial charge in [-0.1, -0.05) is 24.3 Å². The number of rotatable bonds is 3. The van der Waals surface area contributed by atoms with Crippen LogP contribution in [-0.2, 0) is 13.1 Å². The first-order valence-corrected chi connectivity index (χ1v) is 5.97. The zero-order chi connectivity index (χ0) is 13.2. The third kappa shape index (κ3) is 2.13. The third-order valence-corrected chi connectivity index (χ3v) is 3.01. The van der Waals surface area contributed by atoms with Gasteiger partial charge in [0.1, 0.15) is 11.8 Å². The number of benzene rings is 1. The molecule has 0 saturated carbocycles. The van der Waals surface area contributed by atoms with E-state index in [2.05, 4.69) is 27.1 Å². The lowest BCUT2D eigenvalue weighted by Crippen LogP contribution is -2.02. The van der Waals surface area contributed by atoms with Crippen molar-refractivity contribution >= 4 is 17.0 Å². The highest BCUT2D eigenvalue weighted by atomic mass is 15.1. The smallest absolute Gasteiger partial charge is 0.165 e. The van der Waals surface area contributed by atoms with E-state index in [-0.39, 0.29) is 0 Å². The molecule has 6 heteroatoms. The van der Waals surface area contributed by atoms with Gasteiger partial charge in [0.05, 0.1) is 12.9 Å². The van der Waals surface area contributed by atoms with E-state index < -0.39 is 0 Å². The van der Waals surface area contributed by atoms with Gasteiger partial charge in [0, 0.05) is 6.54 Å². The summed E-state index contributed by atoms with van der Waals surface area (Å²) < 4.78 is 1.95. The maximum absolute atomic E-state index is 5.77. The largest absolute Gasteiger partial charge is 0.382 e. The molecule has 0 fully saturated rings. The van der Waals surface area contributed by atoms with Gasteiger partial charge in [-0.3, -0.25) is 0 Å².